The Kier molecular flexibility index (Phi) is 5.03. The average Bonchev–Trinajstić information content (AvgIpc) is 3.62. The van der Waals surface area contributed by atoms with Crippen LogP contribution in [0.15, 0.2) is 53.7 Å². The molecule has 1 fully saturated rings. The molecule has 1 saturated carbocycles. The molecule has 0 spiro atoms. The number of nitrogens with one attached hydrogen (secondary N) is 3. The number of nitrogens with zero attached hydrogens (tertiary/aromatic N) is 5. The number of amides is 1. The van der Waals surface area contributed by atoms with Gasteiger partial charge in [0.05, 0.1) is 28.5 Å². The Morgan fingerprint density at radius 2 is 2.03 bits per heavy atom. The molecule has 0 saturated heterocycles. The number of pyridine rings is 3. The fourth-order valence-electron chi connectivity index (χ4n) is 4.56. The molecule has 3 N–H and O–H groups in total. The minimum Gasteiger partial charge on any atom is -0.336 e. The van der Waals surface area contributed by atoms with Crippen LogP contribution in [0.3, 0.4) is 0 Å². The summed E-state index contributed by atoms with van der Waals surface area (Å²) < 4.78 is 16.0. The summed E-state index contributed by atoms with van der Waals surface area (Å²) in [5.74, 6) is -0.0957. The van der Waals surface area contributed by atoms with E-state index >= 15 is 4.39 Å². The largest absolute Gasteiger partial charge is 0.336 e. The van der Waals surface area contributed by atoms with Gasteiger partial charge in [-0.15, -0.1) is 0 Å². The third kappa shape index (κ3) is 3.66. The number of anilines is 1. The van der Waals surface area contributed by atoms with Crippen LogP contribution in [-0.4, -0.2) is 41.0 Å². The first-order chi connectivity index (χ1) is 18.2. The number of hydrogen-bond donors (Lipinski definition) is 3. The van der Waals surface area contributed by atoms with Gasteiger partial charge in [0.1, 0.15) is 17.0 Å². The summed E-state index contributed by atoms with van der Waals surface area (Å²) in [5, 5.41) is 14.2. The van der Waals surface area contributed by atoms with E-state index in [4.69, 9.17) is 4.98 Å². The van der Waals surface area contributed by atoms with Gasteiger partial charge in [-0.05, 0) is 36.4 Å². The van der Waals surface area contributed by atoms with Crippen molar-refractivity contribution in [3.63, 3.8) is 0 Å². The zero-order valence-corrected chi connectivity index (χ0v) is 20.1. The molecular weight excluding hydrogens is 491 g/mol. The number of thiophene rings is 1. The van der Waals surface area contributed by atoms with Crippen LogP contribution >= 0.6 is 11.3 Å². The Labute approximate surface area is 213 Å². The number of H-pyrrole nitrogens is 2. The number of aromatic nitrogens is 7. The molecule has 0 aliphatic heterocycles. The van der Waals surface area contributed by atoms with Crippen LogP contribution in [0.2, 0.25) is 0 Å². The predicted molar refractivity (Wildman–Crippen MR) is 139 cm³/mol. The maximum atomic E-state index is 16.0. The molecule has 0 atom stereocenters. The van der Waals surface area contributed by atoms with Gasteiger partial charge in [-0.25, -0.2) is 14.4 Å². The monoisotopic (exact) mass is 510 g/mol. The Balaban J connectivity index is 1.30. The topological polar surface area (TPSA) is 125 Å². The number of halogens is 1. The van der Waals surface area contributed by atoms with Crippen LogP contribution in [-0.2, 0) is 4.79 Å². The third-order valence-electron chi connectivity index (χ3n) is 6.74. The molecule has 9 nitrogen and oxygen atoms in total. The summed E-state index contributed by atoms with van der Waals surface area (Å²) >= 11 is 1.58. The van der Waals surface area contributed by atoms with Crippen molar-refractivity contribution in [1.29, 1.82) is 0 Å². The molecule has 0 bridgehead atoms. The number of rotatable bonds is 5. The van der Waals surface area contributed by atoms with E-state index in [2.05, 4.69) is 35.5 Å². The predicted octanol–water partition coefficient (Wildman–Crippen LogP) is 5.56. The van der Waals surface area contributed by atoms with Crippen molar-refractivity contribution >= 4 is 45.0 Å². The summed E-state index contributed by atoms with van der Waals surface area (Å²) in [6.07, 6.45) is 9.10. The van der Waals surface area contributed by atoms with E-state index in [1.165, 1.54) is 6.20 Å². The average molecular weight is 511 g/mol. The van der Waals surface area contributed by atoms with E-state index in [0.29, 0.717) is 33.9 Å². The maximum absolute atomic E-state index is 16.0. The molecule has 37 heavy (non-hydrogen) atoms. The molecule has 0 unspecified atom stereocenters. The number of aromatic amines is 2. The fraction of sp³-hybridized carbons (Fsp3) is 0.154. The zero-order chi connectivity index (χ0) is 24.9. The molecular formula is C26H19FN8OS. The van der Waals surface area contributed by atoms with E-state index < -0.39 is 5.82 Å². The Morgan fingerprint density at radius 3 is 2.84 bits per heavy atom. The van der Waals surface area contributed by atoms with Gasteiger partial charge < -0.3 is 10.3 Å². The first-order valence-electron chi connectivity index (χ1n) is 11.8. The Morgan fingerprint density at radius 1 is 1.11 bits per heavy atom. The Bertz CT molecular complexity index is 1790. The summed E-state index contributed by atoms with van der Waals surface area (Å²) in [6.45, 7) is 0. The van der Waals surface area contributed by atoms with E-state index in [0.717, 1.165) is 36.0 Å². The molecule has 1 aliphatic carbocycles. The van der Waals surface area contributed by atoms with Gasteiger partial charge in [-0.2, -0.15) is 16.4 Å². The SMILES string of the molecule is O=C(Nc1cncc(-c2cnc3[nH]nc(-c4nc5c(-c6ccsc6)nccc5[nH]4)c3c2F)c1)C1CCC1. The minimum absolute atomic E-state index is 0.0300. The summed E-state index contributed by atoms with van der Waals surface area (Å²) in [6, 6.07) is 5.51. The zero-order valence-electron chi connectivity index (χ0n) is 19.3. The van der Waals surface area contributed by atoms with Crippen LogP contribution in [0.1, 0.15) is 19.3 Å². The number of fused-ring (bicyclic) bond motifs is 2. The summed E-state index contributed by atoms with van der Waals surface area (Å²) in [7, 11) is 0. The third-order valence-corrected chi connectivity index (χ3v) is 7.42. The van der Waals surface area contributed by atoms with Crippen LogP contribution in [0.5, 0.6) is 0 Å². The lowest BCUT2D eigenvalue weighted by atomic mass is 9.85. The second kappa shape index (κ2) is 8.56. The number of carbonyl (C=O) groups is 1. The van der Waals surface area contributed by atoms with Crippen LogP contribution in [0.25, 0.3) is 56.0 Å². The van der Waals surface area contributed by atoms with Gasteiger partial charge in [0.25, 0.3) is 0 Å². The van der Waals surface area contributed by atoms with Crippen LogP contribution in [0, 0.1) is 11.7 Å². The van der Waals surface area contributed by atoms with Crippen molar-refractivity contribution in [2.24, 2.45) is 5.92 Å². The second-order valence-corrected chi connectivity index (χ2v) is 9.79. The van der Waals surface area contributed by atoms with Crippen molar-refractivity contribution in [3.8, 4) is 33.9 Å². The molecule has 0 aromatic carbocycles. The van der Waals surface area contributed by atoms with Crippen molar-refractivity contribution < 1.29 is 9.18 Å². The molecule has 1 aliphatic rings. The molecule has 6 aromatic heterocycles. The van der Waals surface area contributed by atoms with Gasteiger partial charge in [0.15, 0.2) is 11.5 Å². The first-order valence-corrected chi connectivity index (χ1v) is 12.8. The standard InChI is InChI=1S/C26H19FN8OS/c27-20-17(15-8-16(10-28-9-15)31-26(36)13-2-1-3-13)11-30-24-19(20)23(34-35-24)25-32-18-4-6-29-21(22(18)33-25)14-5-7-37-12-14/h4-13H,1-3H2,(H,31,36)(H,32,33)(H,30,34,35). The van der Waals surface area contributed by atoms with E-state index in [1.807, 2.05) is 22.9 Å². The lowest BCUT2D eigenvalue weighted by Gasteiger charge is -2.24. The van der Waals surface area contributed by atoms with Gasteiger partial charge >= 0.3 is 0 Å². The van der Waals surface area contributed by atoms with Crippen molar-refractivity contribution in [2.75, 3.05) is 5.32 Å². The molecule has 182 valence electrons. The summed E-state index contributed by atoms with van der Waals surface area (Å²) in [5.41, 5.74) is 5.04. The first kappa shape index (κ1) is 21.7. The van der Waals surface area contributed by atoms with E-state index in [1.54, 1.807) is 36.0 Å². The number of imidazole rings is 1. The fourth-order valence-corrected chi connectivity index (χ4v) is 5.20. The summed E-state index contributed by atoms with van der Waals surface area (Å²) in [4.78, 5) is 33.5. The van der Waals surface area contributed by atoms with Crippen molar-refractivity contribution in [1.82, 2.24) is 35.1 Å². The molecule has 7 rings (SSSR count). The molecule has 6 aromatic rings. The molecule has 6 heterocycles. The highest BCUT2D eigenvalue weighted by Crippen LogP contribution is 2.35. The normalized spacial score (nSPS) is 13.8. The number of carbonyl (C=O) groups excluding carboxylic acids is 1. The van der Waals surface area contributed by atoms with Crippen LogP contribution < -0.4 is 5.32 Å². The number of hydrogen-bond acceptors (Lipinski definition) is 7. The minimum atomic E-state index is -0.505. The van der Waals surface area contributed by atoms with Gasteiger partial charge in [0, 0.05) is 46.6 Å². The van der Waals surface area contributed by atoms with Crippen LogP contribution in [0.4, 0.5) is 10.1 Å². The highest BCUT2D eigenvalue weighted by atomic mass is 32.1. The van der Waals surface area contributed by atoms with Gasteiger partial charge in [-0.3, -0.25) is 19.9 Å². The lowest BCUT2D eigenvalue weighted by molar-refractivity contribution is -0.122. The van der Waals surface area contributed by atoms with E-state index in [9.17, 15) is 4.79 Å². The molecule has 1 amide bonds. The van der Waals surface area contributed by atoms with Crippen molar-refractivity contribution in [2.45, 2.75) is 19.3 Å². The molecule has 11 heteroatoms. The second-order valence-electron chi connectivity index (χ2n) is 9.01. The quantitative estimate of drug-likeness (QED) is 0.279. The molecule has 0 radical (unpaired) electrons. The van der Waals surface area contributed by atoms with E-state index in [-0.39, 0.29) is 22.8 Å². The van der Waals surface area contributed by atoms with Gasteiger partial charge in [-0.1, -0.05) is 6.42 Å². The van der Waals surface area contributed by atoms with Crippen molar-refractivity contribution in [3.05, 3.63) is 59.6 Å². The highest BCUT2D eigenvalue weighted by Gasteiger charge is 2.26. The maximum Gasteiger partial charge on any atom is 0.227 e. The van der Waals surface area contributed by atoms with Gasteiger partial charge in [0.2, 0.25) is 5.91 Å². The lowest BCUT2D eigenvalue weighted by Crippen LogP contribution is -2.28. The smallest absolute Gasteiger partial charge is 0.227 e. The highest BCUT2D eigenvalue weighted by molar-refractivity contribution is 7.08. The Hall–Kier alpha value is -4.51.